The Morgan fingerprint density at radius 3 is 3.00 bits per heavy atom. The molecule has 0 spiro atoms. The summed E-state index contributed by atoms with van der Waals surface area (Å²) in [4.78, 5) is 18.7. The summed E-state index contributed by atoms with van der Waals surface area (Å²) in [7, 11) is 0. The van der Waals surface area contributed by atoms with Gasteiger partial charge in [-0.05, 0) is 22.9 Å². The number of hydrogen-bond acceptors (Lipinski definition) is 3. The number of aromatic amines is 1. The standard InChI is InChI=1S/C10H9BrN2O2/c1-6-7(4-9(11)15-6)8(14)5-10-12-2-3-13-10/h2-4H,5H2,1H3,(H,12,13). The third kappa shape index (κ3) is 2.18. The number of hydrogen-bond donors (Lipinski definition) is 1. The first-order valence-corrected chi connectivity index (χ1v) is 5.23. The van der Waals surface area contributed by atoms with Crippen LogP contribution in [0.4, 0.5) is 0 Å². The van der Waals surface area contributed by atoms with Crippen molar-refractivity contribution in [3.05, 3.63) is 40.3 Å². The minimum Gasteiger partial charge on any atom is -0.454 e. The van der Waals surface area contributed by atoms with Crippen LogP contribution in [0.5, 0.6) is 0 Å². The number of furan rings is 1. The molecule has 0 amide bonds. The number of carbonyl (C=O) groups is 1. The van der Waals surface area contributed by atoms with Crippen LogP contribution in [-0.4, -0.2) is 15.8 Å². The Balaban J connectivity index is 2.18. The Labute approximate surface area is 94.8 Å². The van der Waals surface area contributed by atoms with Crippen LogP contribution in [0, 0.1) is 6.92 Å². The molecule has 2 rings (SSSR count). The Morgan fingerprint density at radius 2 is 2.47 bits per heavy atom. The topological polar surface area (TPSA) is 58.9 Å². The lowest BCUT2D eigenvalue weighted by Crippen LogP contribution is -2.04. The van der Waals surface area contributed by atoms with Crippen LogP contribution in [0.15, 0.2) is 27.5 Å². The quantitative estimate of drug-likeness (QED) is 0.871. The second-order valence-electron chi connectivity index (χ2n) is 3.16. The lowest BCUT2D eigenvalue weighted by atomic mass is 10.1. The molecule has 0 atom stereocenters. The smallest absolute Gasteiger partial charge is 0.173 e. The van der Waals surface area contributed by atoms with Gasteiger partial charge in [0.25, 0.3) is 0 Å². The van der Waals surface area contributed by atoms with Crippen molar-refractivity contribution in [2.45, 2.75) is 13.3 Å². The van der Waals surface area contributed by atoms with E-state index in [4.69, 9.17) is 4.42 Å². The number of Topliss-reactive ketones (excluding diaryl/α,β-unsaturated/α-hetero) is 1. The normalized spacial score (nSPS) is 10.5. The summed E-state index contributed by atoms with van der Waals surface area (Å²) in [6, 6.07) is 1.68. The van der Waals surface area contributed by atoms with Gasteiger partial charge in [0.1, 0.15) is 11.6 Å². The van der Waals surface area contributed by atoms with Crippen molar-refractivity contribution < 1.29 is 9.21 Å². The predicted molar refractivity (Wildman–Crippen MR) is 57.8 cm³/mol. The summed E-state index contributed by atoms with van der Waals surface area (Å²) in [6.07, 6.45) is 3.58. The molecule has 0 aliphatic carbocycles. The molecule has 0 saturated carbocycles. The number of nitrogens with one attached hydrogen (secondary N) is 1. The molecule has 15 heavy (non-hydrogen) atoms. The highest BCUT2D eigenvalue weighted by atomic mass is 79.9. The number of halogens is 1. The fourth-order valence-electron chi connectivity index (χ4n) is 1.36. The lowest BCUT2D eigenvalue weighted by Gasteiger charge is -1.95. The molecular formula is C10H9BrN2O2. The van der Waals surface area contributed by atoms with Crippen molar-refractivity contribution in [2.75, 3.05) is 0 Å². The zero-order valence-electron chi connectivity index (χ0n) is 8.08. The highest BCUT2D eigenvalue weighted by Gasteiger charge is 2.15. The Bertz CT molecular complexity index is 474. The molecular weight excluding hydrogens is 260 g/mol. The molecule has 0 aliphatic rings. The number of imidazole rings is 1. The van der Waals surface area contributed by atoms with E-state index in [0.717, 1.165) is 0 Å². The molecule has 4 nitrogen and oxygen atoms in total. The fraction of sp³-hybridized carbons (Fsp3) is 0.200. The van der Waals surface area contributed by atoms with Gasteiger partial charge in [0, 0.05) is 18.5 Å². The molecule has 2 aromatic rings. The van der Waals surface area contributed by atoms with E-state index in [1.54, 1.807) is 25.4 Å². The van der Waals surface area contributed by atoms with Crippen LogP contribution in [0.2, 0.25) is 0 Å². The summed E-state index contributed by atoms with van der Waals surface area (Å²) in [6.45, 7) is 1.76. The van der Waals surface area contributed by atoms with E-state index in [9.17, 15) is 4.79 Å². The van der Waals surface area contributed by atoms with E-state index in [2.05, 4.69) is 25.9 Å². The number of H-pyrrole nitrogens is 1. The number of rotatable bonds is 3. The zero-order chi connectivity index (χ0) is 10.8. The van der Waals surface area contributed by atoms with E-state index in [1.165, 1.54) is 0 Å². The molecule has 0 saturated heterocycles. The van der Waals surface area contributed by atoms with Crippen molar-refractivity contribution >= 4 is 21.7 Å². The van der Waals surface area contributed by atoms with Gasteiger partial charge in [-0.2, -0.15) is 0 Å². The van der Waals surface area contributed by atoms with Crippen LogP contribution in [0.3, 0.4) is 0 Å². The number of nitrogens with zero attached hydrogens (tertiary/aromatic N) is 1. The molecule has 0 radical (unpaired) electrons. The number of aryl methyl sites for hydroxylation is 1. The van der Waals surface area contributed by atoms with Crippen LogP contribution >= 0.6 is 15.9 Å². The summed E-state index contributed by atoms with van der Waals surface area (Å²) in [5, 5.41) is 0. The van der Waals surface area contributed by atoms with E-state index < -0.39 is 0 Å². The van der Waals surface area contributed by atoms with E-state index in [-0.39, 0.29) is 12.2 Å². The second kappa shape index (κ2) is 4.02. The Hall–Kier alpha value is -1.36. The Morgan fingerprint density at radius 1 is 1.67 bits per heavy atom. The molecule has 0 fully saturated rings. The van der Waals surface area contributed by atoms with Gasteiger partial charge in [-0.25, -0.2) is 4.98 Å². The maximum atomic E-state index is 11.8. The summed E-state index contributed by atoms with van der Waals surface area (Å²) < 4.78 is 5.79. The van der Waals surface area contributed by atoms with E-state index in [1.807, 2.05) is 0 Å². The molecule has 5 heteroatoms. The van der Waals surface area contributed by atoms with Gasteiger partial charge in [-0.1, -0.05) is 0 Å². The van der Waals surface area contributed by atoms with Crippen LogP contribution in [-0.2, 0) is 6.42 Å². The average Bonchev–Trinajstić information content (AvgIpc) is 2.75. The van der Waals surface area contributed by atoms with E-state index >= 15 is 0 Å². The summed E-state index contributed by atoms with van der Waals surface area (Å²) in [5.74, 6) is 1.28. The maximum Gasteiger partial charge on any atom is 0.173 e. The van der Waals surface area contributed by atoms with Gasteiger partial charge in [0.15, 0.2) is 10.5 Å². The van der Waals surface area contributed by atoms with Crippen molar-refractivity contribution in [3.63, 3.8) is 0 Å². The number of carbonyl (C=O) groups excluding carboxylic acids is 1. The van der Waals surface area contributed by atoms with Gasteiger partial charge in [0.2, 0.25) is 0 Å². The highest BCUT2D eigenvalue weighted by Crippen LogP contribution is 2.20. The third-order valence-corrected chi connectivity index (χ3v) is 2.46. The number of ketones is 1. The molecule has 0 aromatic carbocycles. The lowest BCUT2D eigenvalue weighted by molar-refractivity contribution is 0.0989. The monoisotopic (exact) mass is 268 g/mol. The molecule has 78 valence electrons. The predicted octanol–water partition coefficient (Wildman–Crippen LogP) is 2.50. The molecule has 2 heterocycles. The van der Waals surface area contributed by atoms with Crippen LogP contribution < -0.4 is 0 Å². The molecule has 0 bridgehead atoms. The SMILES string of the molecule is Cc1oc(Br)cc1C(=O)Cc1ncc[nH]1. The largest absolute Gasteiger partial charge is 0.454 e. The summed E-state index contributed by atoms with van der Waals surface area (Å²) >= 11 is 3.19. The molecule has 1 N–H and O–H groups in total. The minimum atomic E-state index is -0.00287. The van der Waals surface area contributed by atoms with Crippen LogP contribution in [0.1, 0.15) is 21.9 Å². The Kier molecular flexibility index (Phi) is 2.73. The fourth-order valence-corrected chi connectivity index (χ4v) is 1.84. The maximum absolute atomic E-state index is 11.8. The van der Waals surface area contributed by atoms with Crippen LogP contribution in [0.25, 0.3) is 0 Å². The van der Waals surface area contributed by atoms with Crippen molar-refractivity contribution in [1.82, 2.24) is 9.97 Å². The van der Waals surface area contributed by atoms with Gasteiger partial charge in [-0.3, -0.25) is 4.79 Å². The highest BCUT2D eigenvalue weighted by molar-refractivity contribution is 9.10. The zero-order valence-corrected chi connectivity index (χ0v) is 9.67. The first-order chi connectivity index (χ1) is 7.16. The van der Waals surface area contributed by atoms with Gasteiger partial charge < -0.3 is 9.40 Å². The van der Waals surface area contributed by atoms with Gasteiger partial charge in [-0.15, -0.1) is 0 Å². The second-order valence-corrected chi connectivity index (χ2v) is 3.94. The summed E-state index contributed by atoms with van der Waals surface area (Å²) in [5.41, 5.74) is 0.596. The first-order valence-electron chi connectivity index (χ1n) is 4.44. The van der Waals surface area contributed by atoms with Crippen molar-refractivity contribution in [3.8, 4) is 0 Å². The molecule has 0 aliphatic heterocycles. The third-order valence-electron chi connectivity index (χ3n) is 2.07. The minimum absolute atomic E-state index is 0.00287. The van der Waals surface area contributed by atoms with Crippen molar-refractivity contribution in [1.29, 1.82) is 0 Å². The molecule has 2 aromatic heterocycles. The first kappa shape index (κ1) is 10.2. The van der Waals surface area contributed by atoms with Gasteiger partial charge in [0.05, 0.1) is 12.0 Å². The van der Waals surface area contributed by atoms with E-state index in [0.29, 0.717) is 21.8 Å². The number of aromatic nitrogens is 2. The molecule has 0 unspecified atom stereocenters. The average molecular weight is 269 g/mol. The van der Waals surface area contributed by atoms with Gasteiger partial charge >= 0.3 is 0 Å². The van der Waals surface area contributed by atoms with Crippen molar-refractivity contribution in [2.24, 2.45) is 0 Å².